The summed E-state index contributed by atoms with van der Waals surface area (Å²) >= 11 is 1.35. The molecule has 1 N–H and O–H groups in total. The molecule has 1 saturated heterocycles. The van der Waals surface area contributed by atoms with Gasteiger partial charge in [0.25, 0.3) is 11.8 Å². The molecule has 3 amide bonds. The van der Waals surface area contributed by atoms with Crippen LogP contribution >= 0.6 is 11.3 Å². The number of hydrogen-bond donors (Lipinski definition) is 1. The Hall–Kier alpha value is -2.67. The van der Waals surface area contributed by atoms with Gasteiger partial charge >= 0.3 is 0 Å². The SMILES string of the molecule is Cc1cc(C(=O)N2CCCCC2C)ccc1NC(=O)CN(C)C(=O)c1cccs1. The molecule has 154 valence electrons. The molecule has 1 atom stereocenters. The average Bonchev–Trinajstić information content (AvgIpc) is 3.23. The van der Waals surface area contributed by atoms with Crippen molar-refractivity contribution >= 4 is 34.7 Å². The third-order valence-electron chi connectivity index (χ3n) is 5.27. The highest BCUT2D eigenvalue weighted by Crippen LogP contribution is 2.22. The summed E-state index contributed by atoms with van der Waals surface area (Å²) in [6.45, 7) is 4.71. The summed E-state index contributed by atoms with van der Waals surface area (Å²) in [5, 5.41) is 4.67. The maximum Gasteiger partial charge on any atom is 0.264 e. The van der Waals surface area contributed by atoms with Crippen LogP contribution in [0.5, 0.6) is 0 Å². The van der Waals surface area contributed by atoms with Crippen LogP contribution in [0.1, 0.15) is 51.8 Å². The monoisotopic (exact) mass is 413 g/mol. The summed E-state index contributed by atoms with van der Waals surface area (Å²) in [5.41, 5.74) is 2.11. The summed E-state index contributed by atoms with van der Waals surface area (Å²) in [7, 11) is 1.61. The molecule has 7 heteroatoms. The van der Waals surface area contributed by atoms with Gasteiger partial charge in [0.05, 0.1) is 11.4 Å². The Morgan fingerprint density at radius 3 is 2.69 bits per heavy atom. The largest absolute Gasteiger partial charge is 0.336 e. The number of piperidine rings is 1. The van der Waals surface area contributed by atoms with Gasteiger partial charge in [-0.15, -0.1) is 11.3 Å². The number of carbonyl (C=O) groups excluding carboxylic acids is 3. The zero-order valence-electron chi connectivity index (χ0n) is 17.1. The summed E-state index contributed by atoms with van der Waals surface area (Å²) in [6.07, 6.45) is 3.25. The number of likely N-dealkylation sites (tertiary alicyclic amines) is 1. The molecule has 0 bridgehead atoms. The van der Waals surface area contributed by atoms with E-state index in [1.54, 1.807) is 25.2 Å². The molecule has 2 heterocycles. The van der Waals surface area contributed by atoms with E-state index in [9.17, 15) is 14.4 Å². The minimum absolute atomic E-state index is 0.0395. The molecule has 1 aliphatic rings. The van der Waals surface area contributed by atoms with E-state index in [4.69, 9.17) is 0 Å². The van der Waals surface area contributed by atoms with Gasteiger partial charge in [-0.1, -0.05) is 6.07 Å². The molecule has 29 heavy (non-hydrogen) atoms. The highest BCUT2D eigenvalue weighted by atomic mass is 32.1. The second kappa shape index (κ2) is 9.22. The summed E-state index contributed by atoms with van der Waals surface area (Å²) in [6, 6.07) is 9.14. The summed E-state index contributed by atoms with van der Waals surface area (Å²) in [4.78, 5) is 41.4. The molecule has 1 aliphatic heterocycles. The van der Waals surface area contributed by atoms with Crippen molar-refractivity contribution in [1.29, 1.82) is 0 Å². The fourth-order valence-electron chi connectivity index (χ4n) is 3.57. The number of aryl methyl sites for hydroxylation is 1. The van der Waals surface area contributed by atoms with Gasteiger partial charge in [0.15, 0.2) is 0 Å². The Morgan fingerprint density at radius 1 is 1.24 bits per heavy atom. The van der Waals surface area contributed by atoms with E-state index in [1.807, 2.05) is 29.3 Å². The van der Waals surface area contributed by atoms with Crippen LogP contribution in [-0.2, 0) is 4.79 Å². The van der Waals surface area contributed by atoms with E-state index >= 15 is 0 Å². The van der Waals surface area contributed by atoms with Crippen LogP contribution in [0.2, 0.25) is 0 Å². The number of hydrogen-bond acceptors (Lipinski definition) is 4. The lowest BCUT2D eigenvalue weighted by atomic mass is 10.0. The van der Waals surface area contributed by atoms with Gasteiger partial charge in [0.2, 0.25) is 5.91 Å². The lowest BCUT2D eigenvalue weighted by Gasteiger charge is -2.33. The highest BCUT2D eigenvalue weighted by Gasteiger charge is 2.24. The fourth-order valence-corrected chi connectivity index (χ4v) is 4.29. The van der Waals surface area contributed by atoms with Crippen LogP contribution in [-0.4, -0.2) is 53.7 Å². The van der Waals surface area contributed by atoms with E-state index < -0.39 is 0 Å². The molecule has 1 aromatic carbocycles. The van der Waals surface area contributed by atoms with Crippen LogP contribution in [0.15, 0.2) is 35.7 Å². The number of likely N-dealkylation sites (N-methyl/N-ethyl adjacent to an activating group) is 1. The van der Waals surface area contributed by atoms with Gasteiger partial charge in [0.1, 0.15) is 0 Å². The van der Waals surface area contributed by atoms with Crippen molar-refractivity contribution in [1.82, 2.24) is 9.80 Å². The van der Waals surface area contributed by atoms with Crippen molar-refractivity contribution in [2.75, 3.05) is 25.5 Å². The zero-order valence-corrected chi connectivity index (χ0v) is 17.9. The molecule has 1 unspecified atom stereocenters. The van der Waals surface area contributed by atoms with Gasteiger partial charge in [-0.25, -0.2) is 0 Å². The van der Waals surface area contributed by atoms with Gasteiger partial charge in [-0.05, 0) is 68.3 Å². The van der Waals surface area contributed by atoms with Crippen LogP contribution in [0, 0.1) is 6.92 Å². The van der Waals surface area contributed by atoms with E-state index in [2.05, 4.69) is 12.2 Å². The standard InChI is InChI=1S/C22H27N3O3S/c1-15-13-17(21(27)25-11-5-4-7-16(25)2)9-10-18(15)23-20(26)14-24(3)22(28)19-8-6-12-29-19/h6,8-10,12-13,16H,4-5,7,11,14H2,1-3H3,(H,23,26). The number of thiophene rings is 1. The number of carbonyl (C=O) groups is 3. The Labute approximate surface area is 175 Å². The molecule has 1 aromatic heterocycles. The van der Waals surface area contributed by atoms with Crippen molar-refractivity contribution < 1.29 is 14.4 Å². The van der Waals surface area contributed by atoms with Crippen LogP contribution in [0.25, 0.3) is 0 Å². The molecular weight excluding hydrogens is 386 g/mol. The third kappa shape index (κ3) is 5.03. The minimum atomic E-state index is -0.274. The third-order valence-corrected chi connectivity index (χ3v) is 6.13. The van der Waals surface area contributed by atoms with Gasteiger partial charge in [0, 0.05) is 30.9 Å². The molecule has 1 fully saturated rings. The summed E-state index contributed by atoms with van der Waals surface area (Å²) in [5.74, 6) is -0.410. The highest BCUT2D eigenvalue weighted by molar-refractivity contribution is 7.12. The first-order valence-electron chi connectivity index (χ1n) is 9.87. The number of rotatable bonds is 5. The van der Waals surface area contributed by atoms with Crippen molar-refractivity contribution in [2.45, 2.75) is 39.2 Å². The second-order valence-corrected chi connectivity index (χ2v) is 8.51. The second-order valence-electron chi connectivity index (χ2n) is 7.56. The maximum absolute atomic E-state index is 12.8. The predicted molar refractivity (Wildman–Crippen MR) is 115 cm³/mol. The Kier molecular flexibility index (Phi) is 6.69. The number of nitrogens with one attached hydrogen (secondary N) is 1. The Morgan fingerprint density at radius 2 is 2.03 bits per heavy atom. The van der Waals surface area contributed by atoms with Gasteiger partial charge in [-0.2, -0.15) is 0 Å². The van der Waals surface area contributed by atoms with Crippen molar-refractivity contribution in [3.63, 3.8) is 0 Å². The van der Waals surface area contributed by atoms with Gasteiger partial charge < -0.3 is 15.1 Å². The smallest absolute Gasteiger partial charge is 0.264 e. The van der Waals surface area contributed by atoms with E-state index in [1.165, 1.54) is 22.7 Å². The molecule has 3 rings (SSSR count). The van der Waals surface area contributed by atoms with Crippen molar-refractivity contribution in [3.8, 4) is 0 Å². The number of amides is 3. The molecular formula is C22H27N3O3S. The fraction of sp³-hybridized carbons (Fsp3) is 0.409. The van der Waals surface area contributed by atoms with E-state index in [-0.39, 0.29) is 30.3 Å². The number of benzene rings is 1. The zero-order chi connectivity index (χ0) is 21.0. The molecule has 0 radical (unpaired) electrons. The Balaban J connectivity index is 1.62. The lowest BCUT2D eigenvalue weighted by molar-refractivity contribution is -0.116. The molecule has 2 aromatic rings. The number of nitrogens with zero attached hydrogens (tertiary/aromatic N) is 2. The Bertz CT molecular complexity index is 895. The molecule has 0 aliphatic carbocycles. The molecule has 0 saturated carbocycles. The molecule has 6 nitrogen and oxygen atoms in total. The average molecular weight is 414 g/mol. The first kappa shape index (κ1) is 21.0. The first-order chi connectivity index (χ1) is 13.9. The maximum atomic E-state index is 12.8. The van der Waals surface area contributed by atoms with E-state index in [0.717, 1.165) is 24.9 Å². The van der Waals surface area contributed by atoms with E-state index in [0.29, 0.717) is 16.1 Å². The number of anilines is 1. The van der Waals surface area contributed by atoms with Crippen LogP contribution < -0.4 is 5.32 Å². The molecule has 0 spiro atoms. The minimum Gasteiger partial charge on any atom is -0.336 e. The quantitative estimate of drug-likeness (QED) is 0.811. The topological polar surface area (TPSA) is 69.7 Å². The van der Waals surface area contributed by atoms with Crippen LogP contribution in [0.3, 0.4) is 0 Å². The first-order valence-corrected chi connectivity index (χ1v) is 10.7. The normalized spacial score (nSPS) is 16.4. The summed E-state index contributed by atoms with van der Waals surface area (Å²) < 4.78 is 0. The van der Waals surface area contributed by atoms with Crippen LogP contribution in [0.4, 0.5) is 5.69 Å². The van der Waals surface area contributed by atoms with Gasteiger partial charge in [-0.3, -0.25) is 14.4 Å². The van der Waals surface area contributed by atoms with Crippen molar-refractivity contribution in [2.24, 2.45) is 0 Å². The lowest BCUT2D eigenvalue weighted by Crippen LogP contribution is -2.42. The predicted octanol–water partition coefficient (Wildman–Crippen LogP) is 3.78. The van der Waals surface area contributed by atoms with Crippen molar-refractivity contribution in [3.05, 3.63) is 51.7 Å².